The maximum absolute atomic E-state index is 10.3. The van der Waals surface area contributed by atoms with E-state index in [9.17, 15) is 4.79 Å². The highest BCUT2D eigenvalue weighted by molar-refractivity contribution is 5.66. The van der Waals surface area contributed by atoms with Crippen molar-refractivity contribution in [3.8, 4) is 0 Å². The molecule has 0 unspecified atom stereocenters. The molecular weight excluding hydrogens is 228 g/mol. The van der Waals surface area contributed by atoms with Crippen LogP contribution in [0.4, 0.5) is 0 Å². The molecule has 0 aliphatic heterocycles. The molecule has 0 rings (SSSR count). The van der Waals surface area contributed by atoms with E-state index in [1.807, 2.05) is 6.08 Å². The number of hydrogen-bond donors (Lipinski definition) is 1. The van der Waals surface area contributed by atoms with E-state index in [1.165, 1.54) is 44.9 Å². The highest BCUT2D eigenvalue weighted by Gasteiger charge is 1.92. The van der Waals surface area contributed by atoms with Crippen LogP contribution in [0.5, 0.6) is 0 Å². The van der Waals surface area contributed by atoms with Crippen LogP contribution in [0.3, 0.4) is 0 Å². The van der Waals surface area contributed by atoms with Gasteiger partial charge in [0.2, 0.25) is 0 Å². The molecule has 0 atom stereocenters. The Bertz CT molecular complexity index is 212. The van der Waals surface area contributed by atoms with Crippen LogP contribution in [0.25, 0.3) is 0 Å². The first kappa shape index (κ1) is 17.2. The average Bonchev–Trinajstić information content (AvgIpc) is 2.34. The molecule has 0 radical (unpaired) electrons. The highest BCUT2D eigenvalue weighted by atomic mass is 16.5. The molecule has 3 nitrogen and oxygen atoms in total. The molecule has 0 heterocycles. The number of unbranched alkanes of at least 4 members (excludes halogenated alkanes) is 7. The Balaban J connectivity index is 3.04. The lowest BCUT2D eigenvalue weighted by Crippen LogP contribution is -1.91. The minimum Gasteiger partial charge on any atom is -0.481 e. The van der Waals surface area contributed by atoms with E-state index >= 15 is 0 Å². The molecule has 0 aliphatic rings. The summed E-state index contributed by atoms with van der Waals surface area (Å²) in [4.78, 5) is 10.3. The van der Waals surface area contributed by atoms with E-state index in [2.05, 4.69) is 6.08 Å². The van der Waals surface area contributed by atoms with Crippen molar-refractivity contribution in [2.45, 2.75) is 64.2 Å². The van der Waals surface area contributed by atoms with Crippen molar-refractivity contribution in [3.05, 3.63) is 12.2 Å². The third-order valence-corrected chi connectivity index (χ3v) is 2.91. The summed E-state index contributed by atoms with van der Waals surface area (Å²) in [7, 11) is 1.75. The maximum atomic E-state index is 10.3. The van der Waals surface area contributed by atoms with Gasteiger partial charge < -0.3 is 9.84 Å². The fraction of sp³-hybridized carbons (Fsp3) is 0.800. The Morgan fingerprint density at radius 3 is 2.11 bits per heavy atom. The van der Waals surface area contributed by atoms with Crippen LogP contribution >= 0.6 is 0 Å². The number of carbonyl (C=O) groups is 1. The van der Waals surface area contributed by atoms with E-state index in [0.717, 1.165) is 13.0 Å². The summed E-state index contributed by atoms with van der Waals surface area (Å²) in [5, 5.41) is 8.45. The van der Waals surface area contributed by atoms with Gasteiger partial charge >= 0.3 is 5.97 Å². The fourth-order valence-corrected chi connectivity index (χ4v) is 1.83. The fourth-order valence-electron chi connectivity index (χ4n) is 1.83. The van der Waals surface area contributed by atoms with E-state index in [1.54, 1.807) is 7.11 Å². The van der Waals surface area contributed by atoms with Crippen LogP contribution in [0.15, 0.2) is 12.2 Å². The molecule has 0 aromatic rings. The molecule has 0 bridgehead atoms. The van der Waals surface area contributed by atoms with Gasteiger partial charge in [0, 0.05) is 20.1 Å². The van der Waals surface area contributed by atoms with Gasteiger partial charge in [-0.2, -0.15) is 0 Å². The van der Waals surface area contributed by atoms with E-state index in [4.69, 9.17) is 9.84 Å². The normalized spacial score (nSPS) is 11.2. The smallest absolute Gasteiger partial charge is 0.303 e. The minimum absolute atomic E-state index is 0.248. The quantitative estimate of drug-likeness (QED) is 0.397. The zero-order chi connectivity index (χ0) is 13.5. The molecule has 3 heteroatoms. The number of carboxylic acid groups (broad SMARTS) is 1. The second-order valence-electron chi connectivity index (χ2n) is 4.66. The van der Waals surface area contributed by atoms with E-state index in [0.29, 0.717) is 6.42 Å². The summed E-state index contributed by atoms with van der Waals surface area (Å²) in [5.74, 6) is -0.715. The Labute approximate surface area is 111 Å². The summed E-state index contributed by atoms with van der Waals surface area (Å²) in [6.07, 6.45) is 15.0. The van der Waals surface area contributed by atoms with Crippen molar-refractivity contribution in [2.24, 2.45) is 0 Å². The van der Waals surface area contributed by atoms with Gasteiger partial charge in [-0.1, -0.05) is 44.3 Å². The molecule has 0 aromatic heterocycles. The Morgan fingerprint density at radius 2 is 1.50 bits per heavy atom. The standard InChI is InChI=1S/C15H28O3/c1-18-14-12-10-8-6-4-2-3-5-7-9-11-13-15(16)17/h7,9H,2-6,8,10-14H2,1H3,(H,16,17)/b9-7+. The highest BCUT2D eigenvalue weighted by Crippen LogP contribution is 2.09. The monoisotopic (exact) mass is 256 g/mol. The van der Waals surface area contributed by atoms with Crippen molar-refractivity contribution in [3.63, 3.8) is 0 Å². The summed E-state index contributed by atoms with van der Waals surface area (Å²) in [5.41, 5.74) is 0. The largest absolute Gasteiger partial charge is 0.481 e. The first-order chi connectivity index (χ1) is 8.77. The summed E-state index contributed by atoms with van der Waals surface area (Å²) >= 11 is 0. The van der Waals surface area contributed by atoms with Crippen LogP contribution in [0.1, 0.15) is 64.2 Å². The molecule has 0 spiro atoms. The molecule has 0 saturated heterocycles. The van der Waals surface area contributed by atoms with Gasteiger partial charge in [-0.05, 0) is 25.7 Å². The van der Waals surface area contributed by atoms with Crippen molar-refractivity contribution >= 4 is 5.97 Å². The van der Waals surface area contributed by atoms with Gasteiger partial charge in [0.05, 0.1) is 0 Å². The Morgan fingerprint density at radius 1 is 0.944 bits per heavy atom. The van der Waals surface area contributed by atoms with Gasteiger partial charge in [-0.15, -0.1) is 0 Å². The van der Waals surface area contributed by atoms with Crippen LogP contribution < -0.4 is 0 Å². The Kier molecular flexibility index (Phi) is 13.6. The third-order valence-electron chi connectivity index (χ3n) is 2.91. The number of methoxy groups -OCH3 is 1. The molecular formula is C15H28O3. The maximum Gasteiger partial charge on any atom is 0.303 e. The lowest BCUT2D eigenvalue weighted by molar-refractivity contribution is -0.136. The molecule has 18 heavy (non-hydrogen) atoms. The molecule has 0 amide bonds. The average molecular weight is 256 g/mol. The van der Waals surface area contributed by atoms with Gasteiger partial charge in [0.1, 0.15) is 0 Å². The lowest BCUT2D eigenvalue weighted by atomic mass is 10.1. The first-order valence-electron chi connectivity index (χ1n) is 7.13. The van der Waals surface area contributed by atoms with Crippen LogP contribution in [-0.4, -0.2) is 24.8 Å². The number of allylic oxidation sites excluding steroid dienone is 2. The topological polar surface area (TPSA) is 46.5 Å². The lowest BCUT2D eigenvalue weighted by Gasteiger charge is -2.00. The minimum atomic E-state index is -0.715. The van der Waals surface area contributed by atoms with Crippen molar-refractivity contribution in [1.29, 1.82) is 0 Å². The number of rotatable bonds is 13. The molecule has 0 aromatic carbocycles. The number of hydrogen-bond acceptors (Lipinski definition) is 2. The predicted octanol–water partition coefficient (Wildman–Crippen LogP) is 4.17. The van der Waals surface area contributed by atoms with Crippen LogP contribution in [0, 0.1) is 0 Å². The van der Waals surface area contributed by atoms with Crippen molar-refractivity contribution in [1.82, 2.24) is 0 Å². The molecule has 0 fully saturated rings. The van der Waals surface area contributed by atoms with E-state index in [-0.39, 0.29) is 6.42 Å². The molecule has 0 saturated carbocycles. The van der Waals surface area contributed by atoms with E-state index < -0.39 is 5.97 Å². The number of aliphatic carboxylic acids is 1. The predicted molar refractivity (Wildman–Crippen MR) is 74.8 cm³/mol. The zero-order valence-corrected chi connectivity index (χ0v) is 11.7. The summed E-state index contributed by atoms with van der Waals surface area (Å²) in [6, 6.07) is 0. The van der Waals surface area contributed by atoms with Gasteiger partial charge in [-0.3, -0.25) is 4.79 Å². The molecule has 106 valence electrons. The van der Waals surface area contributed by atoms with Gasteiger partial charge in [0.25, 0.3) is 0 Å². The molecule has 0 aliphatic carbocycles. The zero-order valence-electron chi connectivity index (χ0n) is 11.7. The van der Waals surface area contributed by atoms with Crippen LogP contribution in [-0.2, 0) is 9.53 Å². The SMILES string of the molecule is COCCCCCCCCC/C=C/CCC(=O)O. The van der Waals surface area contributed by atoms with Crippen LogP contribution in [0.2, 0.25) is 0 Å². The summed E-state index contributed by atoms with van der Waals surface area (Å²) < 4.78 is 5.00. The Hall–Kier alpha value is -0.830. The van der Waals surface area contributed by atoms with Gasteiger partial charge in [0.15, 0.2) is 0 Å². The van der Waals surface area contributed by atoms with Crippen molar-refractivity contribution in [2.75, 3.05) is 13.7 Å². The van der Waals surface area contributed by atoms with Gasteiger partial charge in [-0.25, -0.2) is 0 Å². The molecule has 1 N–H and O–H groups in total. The third kappa shape index (κ3) is 15.2. The van der Waals surface area contributed by atoms with Crippen molar-refractivity contribution < 1.29 is 14.6 Å². The number of carboxylic acids is 1. The second-order valence-corrected chi connectivity index (χ2v) is 4.66. The summed E-state index contributed by atoms with van der Waals surface area (Å²) in [6.45, 7) is 0.890. The second kappa shape index (κ2) is 14.2. The number of ether oxygens (including phenoxy) is 1. The first-order valence-corrected chi connectivity index (χ1v) is 7.13.